The average molecular weight is 304 g/mol. The summed E-state index contributed by atoms with van der Waals surface area (Å²) in [5.41, 5.74) is 0.357. The molecule has 0 amide bonds. The zero-order valence-electron chi connectivity index (χ0n) is 12.0. The van der Waals surface area contributed by atoms with Crippen molar-refractivity contribution < 1.29 is 19.0 Å². The number of carboxylic acids is 1. The lowest BCUT2D eigenvalue weighted by Gasteiger charge is -2.12. The van der Waals surface area contributed by atoms with E-state index >= 15 is 0 Å². The molecule has 1 N–H and O–H groups in total. The number of halogens is 1. The maximum atomic E-state index is 13.7. The minimum Gasteiger partial charge on any atom is -0.486 e. The number of carbonyl (C=O) groups is 1. The highest BCUT2D eigenvalue weighted by Crippen LogP contribution is 2.27. The maximum absolute atomic E-state index is 13.7. The molecule has 0 saturated heterocycles. The van der Waals surface area contributed by atoms with Crippen molar-refractivity contribution in [2.45, 2.75) is 38.3 Å². The molecule has 2 aromatic rings. The van der Waals surface area contributed by atoms with Gasteiger partial charge in [0.05, 0.1) is 18.8 Å². The van der Waals surface area contributed by atoms with E-state index in [1.807, 2.05) is 0 Å². The van der Waals surface area contributed by atoms with Crippen molar-refractivity contribution in [2.24, 2.45) is 0 Å². The average Bonchev–Trinajstić information content (AvgIpc) is 3.12. The molecule has 1 aliphatic rings. The van der Waals surface area contributed by atoms with Crippen molar-refractivity contribution in [1.82, 2.24) is 9.78 Å². The summed E-state index contributed by atoms with van der Waals surface area (Å²) in [6.45, 7) is 0.0579. The summed E-state index contributed by atoms with van der Waals surface area (Å²) in [5.74, 6) is -1.25. The number of hydrogen-bond acceptors (Lipinski definition) is 3. The molecule has 1 aromatic heterocycles. The summed E-state index contributed by atoms with van der Waals surface area (Å²) in [6, 6.07) is 6.25. The van der Waals surface area contributed by atoms with Crippen LogP contribution in [0.4, 0.5) is 4.39 Å². The smallest absolute Gasteiger partial charge is 0.358 e. The van der Waals surface area contributed by atoms with Crippen LogP contribution < -0.4 is 4.74 Å². The van der Waals surface area contributed by atoms with Gasteiger partial charge in [-0.15, -0.1) is 0 Å². The van der Waals surface area contributed by atoms with Gasteiger partial charge >= 0.3 is 5.97 Å². The third kappa shape index (κ3) is 2.95. The molecule has 0 radical (unpaired) electrons. The standard InChI is InChI=1S/C16H17FN2O3/c17-13-8-4-1-5-11(13)10-19-15(16(20)21)14(9-18-19)22-12-6-2-3-7-12/h1,4-5,8-9,12H,2-3,6-7,10H2,(H,20,21). The number of ether oxygens (including phenoxy) is 1. The lowest BCUT2D eigenvalue weighted by atomic mass is 10.2. The predicted octanol–water partition coefficient (Wildman–Crippen LogP) is 3.09. The molecule has 0 spiro atoms. The summed E-state index contributed by atoms with van der Waals surface area (Å²) in [4.78, 5) is 11.5. The molecule has 22 heavy (non-hydrogen) atoms. The van der Waals surface area contributed by atoms with E-state index < -0.39 is 5.97 Å². The monoisotopic (exact) mass is 304 g/mol. The van der Waals surface area contributed by atoms with Gasteiger partial charge in [-0.1, -0.05) is 18.2 Å². The van der Waals surface area contributed by atoms with Gasteiger partial charge in [0.1, 0.15) is 5.82 Å². The van der Waals surface area contributed by atoms with Crippen molar-refractivity contribution >= 4 is 5.97 Å². The minimum atomic E-state index is -1.12. The lowest BCUT2D eigenvalue weighted by molar-refractivity contribution is 0.0676. The first-order valence-electron chi connectivity index (χ1n) is 7.34. The molecular weight excluding hydrogens is 287 g/mol. The highest BCUT2D eigenvalue weighted by Gasteiger charge is 2.24. The maximum Gasteiger partial charge on any atom is 0.358 e. The molecule has 1 aliphatic carbocycles. The first-order chi connectivity index (χ1) is 10.6. The topological polar surface area (TPSA) is 64.3 Å². The van der Waals surface area contributed by atoms with Crippen molar-refractivity contribution in [2.75, 3.05) is 0 Å². The van der Waals surface area contributed by atoms with Gasteiger partial charge in [0.2, 0.25) is 0 Å². The highest BCUT2D eigenvalue weighted by atomic mass is 19.1. The predicted molar refractivity (Wildman–Crippen MR) is 77.6 cm³/mol. The van der Waals surface area contributed by atoms with Crippen LogP contribution in [0.3, 0.4) is 0 Å². The highest BCUT2D eigenvalue weighted by molar-refractivity contribution is 5.88. The van der Waals surface area contributed by atoms with Crippen molar-refractivity contribution in [3.05, 3.63) is 47.5 Å². The molecule has 1 saturated carbocycles. The largest absolute Gasteiger partial charge is 0.486 e. The molecule has 6 heteroatoms. The minimum absolute atomic E-state index is 0.0323. The first kappa shape index (κ1) is 14.6. The Kier molecular flexibility index (Phi) is 4.09. The molecule has 3 rings (SSSR count). The van der Waals surface area contributed by atoms with E-state index in [0.29, 0.717) is 5.56 Å². The second-order valence-electron chi connectivity index (χ2n) is 5.44. The van der Waals surface area contributed by atoms with Crippen LogP contribution in [0.1, 0.15) is 41.7 Å². The fourth-order valence-corrected chi connectivity index (χ4v) is 2.76. The normalized spacial score (nSPS) is 15.1. The summed E-state index contributed by atoms with van der Waals surface area (Å²) >= 11 is 0. The van der Waals surface area contributed by atoms with Crippen LogP contribution in [0.15, 0.2) is 30.5 Å². The third-order valence-corrected chi connectivity index (χ3v) is 3.88. The van der Waals surface area contributed by atoms with Gasteiger partial charge in [-0.2, -0.15) is 5.10 Å². The van der Waals surface area contributed by atoms with E-state index in [2.05, 4.69) is 5.10 Å². The van der Waals surface area contributed by atoms with Gasteiger partial charge < -0.3 is 9.84 Å². The van der Waals surface area contributed by atoms with Gasteiger partial charge in [-0.3, -0.25) is 4.68 Å². The number of rotatable bonds is 5. The number of nitrogens with zero attached hydrogens (tertiary/aromatic N) is 2. The quantitative estimate of drug-likeness (QED) is 0.922. The SMILES string of the molecule is O=C(O)c1c(OC2CCCC2)cnn1Cc1ccccc1F. The Labute approximate surface area is 127 Å². The van der Waals surface area contributed by atoms with Crippen LogP contribution in [0.25, 0.3) is 0 Å². The summed E-state index contributed by atoms with van der Waals surface area (Å²) in [5, 5.41) is 13.5. The van der Waals surface area contributed by atoms with Crippen LogP contribution in [0.2, 0.25) is 0 Å². The van der Waals surface area contributed by atoms with Crippen molar-refractivity contribution in [1.29, 1.82) is 0 Å². The van der Waals surface area contributed by atoms with Gasteiger partial charge in [-0.05, 0) is 31.7 Å². The Hall–Kier alpha value is -2.37. The molecular formula is C16H17FN2O3. The van der Waals surface area contributed by atoms with Gasteiger partial charge in [0, 0.05) is 5.56 Å². The zero-order valence-corrected chi connectivity index (χ0v) is 12.0. The molecule has 1 fully saturated rings. The number of aromatic nitrogens is 2. The molecule has 116 valence electrons. The first-order valence-corrected chi connectivity index (χ1v) is 7.34. The van der Waals surface area contributed by atoms with Gasteiger partial charge in [0.15, 0.2) is 11.4 Å². The van der Waals surface area contributed by atoms with Crippen LogP contribution >= 0.6 is 0 Å². The van der Waals surface area contributed by atoms with E-state index in [4.69, 9.17) is 4.74 Å². The lowest BCUT2D eigenvalue weighted by Crippen LogP contribution is -2.16. The second-order valence-corrected chi connectivity index (χ2v) is 5.44. The van der Waals surface area contributed by atoms with E-state index in [1.165, 1.54) is 16.9 Å². The van der Waals surface area contributed by atoms with Gasteiger partial charge in [-0.25, -0.2) is 9.18 Å². The molecule has 0 atom stereocenters. The molecule has 0 aliphatic heterocycles. The number of carboxylic acid groups (broad SMARTS) is 1. The number of aromatic carboxylic acids is 1. The van der Waals surface area contributed by atoms with Crippen LogP contribution in [0.5, 0.6) is 5.75 Å². The van der Waals surface area contributed by atoms with Crippen LogP contribution in [-0.4, -0.2) is 27.0 Å². The molecule has 1 heterocycles. The molecule has 0 bridgehead atoms. The van der Waals surface area contributed by atoms with Crippen LogP contribution in [-0.2, 0) is 6.54 Å². The second kappa shape index (κ2) is 6.17. The Balaban J connectivity index is 1.86. The summed E-state index contributed by atoms with van der Waals surface area (Å²) in [6.07, 6.45) is 5.49. The van der Waals surface area contributed by atoms with Crippen LogP contribution in [0, 0.1) is 5.82 Å². The van der Waals surface area contributed by atoms with E-state index in [-0.39, 0.29) is 29.9 Å². The number of hydrogen-bond donors (Lipinski definition) is 1. The summed E-state index contributed by atoms with van der Waals surface area (Å²) in [7, 11) is 0. The fraction of sp³-hybridized carbons (Fsp3) is 0.375. The Morgan fingerprint density at radius 1 is 1.36 bits per heavy atom. The third-order valence-electron chi connectivity index (χ3n) is 3.88. The summed E-state index contributed by atoms with van der Waals surface area (Å²) < 4.78 is 20.7. The van der Waals surface area contributed by atoms with E-state index in [9.17, 15) is 14.3 Å². The molecule has 1 aromatic carbocycles. The van der Waals surface area contributed by atoms with Gasteiger partial charge in [0.25, 0.3) is 0 Å². The molecule has 0 unspecified atom stereocenters. The van der Waals surface area contributed by atoms with E-state index in [0.717, 1.165) is 25.7 Å². The molecule has 5 nitrogen and oxygen atoms in total. The fourth-order valence-electron chi connectivity index (χ4n) is 2.76. The van der Waals surface area contributed by atoms with E-state index in [1.54, 1.807) is 18.2 Å². The zero-order chi connectivity index (χ0) is 15.5. The Morgan fingerprint density at radius 2 is 2.09 bits per heavy atom. The van der Waals surface area contributed by atoms with Crippen molar-refractivity contribution in [3.63, 3.8) is 0 Å². The number of benzene rings is 1. The Morgan fingerprint density at radius 3 is 2.77 bits per heavy atom. The Bertz CT molecular complexity index is 678. The van der Waals surface area contributed by atoms with Crippen molar-refractivity contribution in [3.8, 4) is 5.75 Å².